The minimum atomic E-state index is -0.637. The van der Waals surface area contributed by atoms with Gasteiger partial charge >= 0.3 is 0 Å². The Labute approximate surface area is 148 Å². The first-order valence-electron chi connectivity index (χ1n) is 9.20. The molecule has 1 fully saturated rings. The number of aryl methyl sites for hydroxylation is 1. The molecule has 1 aromatic heterocycles. The molecule has 0 unspecified atom stereocenters. The zero-order valence-electron chi connectivity index (χ0n) is 14.8. The number of benzene rings is 1. The molecule has 3 rings (SSSR count). The molecule has 2 aromatic rings. The quantitative estimate of drug-likeness (QED) is 0.870. The molecule has 0 bridgehead atoms. The van der Waals surface area contributed by atoms with Crippen molar-refractivity contribution in [3.05, 3.63) is 51.9 Å². The van der Waals surface area contributed by atoms with Crippen molar-refractivity contribution in [1.82, 2.24) is 14.9 Å². The van der Waals surface area contributed by atoms with Crippen LogP contribution in [0.5, 0.6) is 0 Å². The number of hydrogen-bond donors (Lipinski definition) is 1. The van der Waals surface area contributed by atoms with Gasteiger partial charge in [0.1, 0.15) is 12.0 Å². The van der Waals surface area contributed by atoms with Crippen molar-refractivity contribution in [3.8, 4) is 11.4 Å². The van der Waals surface area contributed by atoms with E-state index in [-0.39, 0.29) is 5.56 Å². The molecule has 0 aliphatic carbocycles. The highest BCUT2D eigenvalue weighted by Crippen LogP contribution is 2.19. The molecule has 25 heavy (non-hydrogen) atoms. The fraction of sp³-hybridized carbons (Fsp3) is 0.500. The summed E-state index contributed by atoms with van der Waals surface area (Å²) in [4.78, 5) is 21.6. The van der Waals surface area contributed by atoms with Gasteiger partial charge < -0.3 is 4.98 Å². The molecular formula is C20H26FN3O. The van der Waals surface area contributed by atoms with Crippen LogP contribution in [0.3, 0.4) is 0 Å². The molecular weight excluding hydrogens is 317 g/mol. The van der Waals surface area contributed by atoms with Gasteiger partial charge in [-0.25, -0.2) is 9.37 Å². The van der Waals surface area contributed by atoms with Crippen LogP contribution in [0.25, 0.3) is 11.4 Å². The Bertz CT molecular complexity index is 733. The van der Waals surface area contributed by atoms with Crippen LogP contribution in [-0.2, 0) is 13.0 Å². The topological polar surface area (TPSA) is 49.0 Å². The first-order valence-corrected chi connectivity index (χ1v) is 9.20. The smallest absolute Gasteiger partial charge is 0.251 e. The standard InChI is InChI=1S/C20H26FN3O/c1-2-3-4-18-13-19(25)23-20(22-18)16-7-5-15(6-8-16)14-24-11-9-17(21)10-12-24/h5-8,13,17H,2-4,9-12,14H2,1H3,(H,22,23,25). The van der Waals surface area contributed by atoms with Crippen LogP contribution < -0.4 is 5.56 Å². The highest BCUT2D eigenvalue weighted by atomic mass is 19.1. The van der Waals surface area contributed by atoms with Gasteiger partial charge in [-0.05, 0) is 31.2 Å². The lowest BCUT2D eigenvalue weighted by Crippen LogP contribution is -2.33. The number of aromatic nitrogens is 2. The molecule has 1 aromatic carbocycles. The number of nitrogens with one attached hydrogen (secondary N) is 1. The molecule has 4 nitrogen and oxygen atoms in total. The third-order valence-electron chi connectivity index (χ3n) is 4.73. The molecule has 134 valence electrons. The van der Waals surface area contributed by atoms with E-state index in [1.165, 1.54) is 5.56 Å². The fourth-order valence-electron chi connectivity index (χ4n) is 3.22. The second kappa shape index (κ2) is 8.39. The van der Waals surface area contributed by atoms with Crippen LogP contribution in [0, 0.1) is 0 Å². The Morgan fingerprint density at radius 1 is 1.24 bits per heavy atom. The van der Waals surface area contributed by atoms with Gasteiger partial charge in [-0.3, -0.25) is 9.69 Å². The maximum absolute atomic E-state index is 13.2. The van der Waals surface area contributed by atoms with Crippen molar-refractivity contribution in [2.45, 2.75) is 51.7 Å². The van der Waals surface area contributed by atoms with E-state index in [4.69, 9.17) is 0 Å². The van der Waals surface area contributed by atoms with Gasteiger partial charge in [-0.15, -0.1) is 0 Å². The van der Waals surface area contributed by atoms with Crippen LogP contribution in [-0.4, -0.2) is 34.1 Å². The highest BCUT2D eigenvalue weighted by Gasteiger charge is 2.18. The van der Waals surface area contributed by atoms with Crippen LogP contribution in [0.1, 0.15) is 43.9 Å². The number of piperidine rings is 1. The van der Waals surface area contributed by atoms with Gasteiger partial charge in [-0.2, -0.15) is 0 Å². The summed E-state index contributed by atoms with van der Waals surface area (Å²) in [6, 6.07) is 9.71. The number of nitrogens with zero attached hydrogens (tertiary/aromatic N) is 2. The zero-order valence-corrected chi connectivity index (χ0v) is 14.8. The van der Waals surface area contributed by atoms with Crippen LogP contribution in [0.2, 0.25) is 0 Å². The summed E-state index contributed by atoms with van der Waals surface area (Å²) in [5, 5.41) is 0. The normalized spacial score (nSPS) is 16.2. The Morgan fingerprint density at radius 2 is 1.96 bits per heavy atom. The Morgan fingerprint density at radius 3 is 2.64 bits per heavy atom. The Kier molecular flexibility index (Phi) is 5.97. The molecule has 1 N–H and O–H groups in total. The number of hydrogen-bond acceptors (Lipinski definition) is 3. The number of unbranched alkanes of at least 4 members (excludes halogenated alkanes) is 1. The number of aromatic amines is 1. The van der Waals surface area contributed by atoms with E-state index in [0.717, 1.165) is 50.2 Å². The van der Waals surface area contributed by atoms with Crippen molar-refractivity contribution in [2.24, 2.45) is 0 Å². The molecule has 0 atom stereocenters. The van der Waals surface area contributed by atoms with Crippen molar-refractivity contribution in [3.63, 3.8) is 0 Å². The lowest BCUT2D eigenvalue weighted by molar-refractivity contribution is 0.145. The van der Waals surface area contributed by atoms with Gasteiger partial charge in [0, 0.05) is 37.0 Å². The summed E-state index contributed by atoms with van der Waals surface area (Å²) in [7, 11) is 0. The van der Waals surface area contributed by atoms with E-state index < -0.39 is 6.17 Å². The molecule has 1 saturated heterocycles. The number of rotatable bonds is 6. The van der Waals surface area contributed by atoms with Gasteiger partial charge in [0.25, 0.3) is 5.56 Å². The minimum absolute atomic E-state index is 0.103. The van der Waals surface area contributed by atoms with Crippen molar-refractivity contribution >= 4 is 0 Å². The SMILES string of the molecule is CCCCc1cc(=O)[nH]c(-c2ccc(CN3CCC(F)CC3)cc2)n1. The van der Waals surface area contributed by atoms with Crippen molar-refractivity contribution in [1.29, 1.82) is 0 Å². The van der Waals surface area contributed by atoms with E-state index in [2.05, 4.69) is 33.9 Å². The Hall–Kier alpha value is -2.01. The average molecular weight is 343 g/mol. The van der Waals surface area contributed by atoms with E-state index in [1.54, 1.807) is 6.07 Å². The molecule has 5 heteroatoms. The summed E-state index contributed by atoms with van der Waals surface area (Å²) in [6.07, 6.45) is 3.57. The maximum atomic E-state index is 13.2. The monoisotopic (exact) mass is 343 g/mol. The Balaban J connectivity index is 1.69. The summed E-state index contributed by atoms with van der Waals surface area (Å²) in [6.45, 7) is 4.60. The average Bonchev–Trinajstić information content (AvgIpc) is 2.62. The second-order valence-electron chi connectivity index (χ2n) is 6.84. The number of likely N-dealkylation sites (tertiary alicyclic amines) is 1. The molecule has 2 heterocycles. The first kappa shape index (κ1) is 17.8. The predicted octanol–water partition coefficient (Wildman–Crippen LogP) is 3.71. The van der Waals surface area contributed by atoms with Crippen molar-refractivity contribution < 1.29 is 4.39 Å². The predicted molar refractivity (Wildman–Crippen MR) is 98.3 cm³/mol. The van der Waals surface area contributed by atoms with E-state index in [0.29, 0.717) is 18.7 Å². The number of halogens is 1. The number of H-pyrrole nitrogens is 1. The summed E-state index contributed by atoms with van der Waals surface area (Å²) in [5.41, 5.74) is 2.86. The number of alkyl halides is 1. The first-order chi connectivity index (χ1) is 12.1. The third kappa shape index (κ3) is 4.98. The summed E-state index contributed by atoms with van der Waals surface area (Å²) < 4.78 is 13.2. The largest absolute Gasteiger partial charge is 0.307 e. The molecule has 0 saturated carbocycles. The van der Waals surface area contributed by atoms with Crippen LogP contribution >= 0.6 is 0 Å². The molecule has 0 radical (unpaired) electrons. The van der Waals surface area contributed by atoms with Crippen LogP contribution in [0.4, 0.5) is 4.39 Å². The summed E-state index contributed by atoms with van der Waals surface area (Å²) in [5.74, 6) is 0.628. The second-order valence-corrected chi connectivity index (χ2v) is 6.84. The molecule has 0 amide bonds. The van der Waals surface area contributed by atoms with E-state index in [9.17, 15) is 9.18 Å². The van der Waals surface area contributed by atoms with E-state index in [1.807, 2.05) is 12.1 Å². The highest BCUT2D eigenvalue weighted by molar-refractivity contribution is 5.55. The lowest BCUT2D eigenvalue weighted by atomic mass is 10.1. The summed E-state index contributed by atoms with van der Waals surface area (Å²) >= 11 is 0. The van der Waals surface area contributed by atoms with Crippen LogP contribution in [0.15, 0.2) is 35.1 Å². The van der Waals surface area contributed by atoms with Gasteiger partial charge in [-0.1, -0.05) is 37.6 Å². The maximum Gasteiger partial charge on any atom is 0.251 e. The third-order valence-corrected chi connectivity index (χ3v) is 4.73. The zero-order chi connectivity index (χ0) is 17.6. The van der Waals surface area contributed by atoms with Crippen molar-refractivity contribution in [2.75, 3.05) is 13.1 Å². The lowest BCUT2D eigenvalue weighted by Gasteiger charge is -2.28. The van der Waals surface area contributed by atoms with E-state index >= 15 is 0 Å². The van der Waals surface area contributed by atoms with Gasteiger partial charge in [0.2, 0.25) is 0 Å². The molecule has 0 spiro atoms. The fourth-order valence-corrected chi connectivity index (χ4v) is 3.22. The van der Waals surface area contributed by atoms with Gasteiger partial charge in [0.05, 0.1) is 0 Å². The van der Waals surface area contributed by atoms with Gasteiger partial charge in [0.15, 0.2) is 0 Å². The molecule has 1 aliphatic rings. The molecule has 1 aliphatic heterocycles. The minimum Gasteiger partial charge on any atom is -0.307 e.